The van der Waals surface area contributed by atoms with Crippen LogP contribution in [0.25, 0.3) is 0 Å². The van der Waals surface area contributed by atoms with E-state index in [1.54, 1.807) is 13.8 Å². The standard InChI is InChI=1S/C9H21NO.C5H12O.C4H10.H2/c1-2-3-4-5-6-7-8-9-10-11;1-4-5(2,3)6;1-3-4-2;/h10-11H,2-9H2,1H3;6H,4H2,1-3H3;3-4H2,1-2H3;1H. The lowest BCUT2D eigenvalue weighted by Gasteiger charge is -2.11. The van der Waals surface area contributed by atoms with Crippen LogP contribution in [0.1, 0.15) is 107 Å². The second kappa shape index (κ2) is 22.2. The van der Waals surface area contributed by atoms with Gasteiger partial charge in [-0.25, -0.2) is 5.48 Å². The monoisotopic (exact) mass is 307 g/mol. The van der Waals surface area contributed by atoms with Crippen molar-refractivity contribution in [3.05, 3.63) is 0 Å². The molecule has 0 spiro atoms. The third-order valence-corrected chi connectivity index (χ3v) is 3.26. The van der Waals surface area contributed by atoms with Gasteiger partial charge in [-0.05, 0) is 26.7 Å². The first-order chi connectivity index (χ1) is 9.89. The Balaban J connectivity index is -0.000000125. The summed E-state index contributed by atoms with van der Waals surface area (Å²) in [5.74, 6) is 0. The Kier molecular flexibility index (Phi) is 27.2. The molecule has 0 bridgehead atoms. The zero-order chi connectivity index (χ0) is 17.0. The van der Waals surface area contributed by atoms with E-state index >= 15 is 0 Å². The third kappa shape index (κ3) is 45.0. The summed E-state index contributed by atoms with van der Waals surface area (Å²) in [6, 6.07) is 0. The van der Waals surface area contributed by atoms with E-state index in [0.29, 0.717) is 0 Å². The molecule has 0 atom stereocenters. The zero-order valence-corrected chi connectivity index (χ0v) is 15.7. The van der Waals surface area contributed by atoms with Gasteiger partial charge in [-0.1, -0.05) is 79.1 Å². The Morgan fingerprint density at radius 2 is 1.14 bits per heavy atom. The number of unbranched alkanes of at least 4 members (excludes halogenated alkanes) is 7. The maximum absolute atomic E-state index is 8.83. The second-order valence-electron chi connectivity index (χ2n) is 6.20. The summed E-state index contributed by atoms with van der Waals surface area (Å²) in [6.45, 7) is 12.9. The van der Waals surface area contributed by atoms with Crippen molar-refractivity contribution in [1.29, 1.82) is 0 Å². The second-order valence-corrected chi connectivity index (χ2v) is 6.20. The summed E-state index contributed by atoms with van der Waals surface area (Å²) < 4.78 is 0. The lowest BCUT2D eigenvalue weighted by atomic mass is 10.1. The highest BCUT2D eigenvalue weighted by atomic mass is 16.5. The number of aliphatic hydroxyl groups is 1. The van der Waals surface area contributed by atoms with Crippen LogP contribution in [0.4, 0.5) is 0 Å². The Labute approximate surface area is 136 Å². The van der Waals surface area contributed by atoms with Crippen molar-refractivity contribution >= 4 is 0 Å². The molecule has 0 unspecified atom stereocenters. The molecular weight excluding hydrogens is 262 g/mol. The largest absolute Gasteiger partial charge is 0.390 e. The van der Waals surface area contributed by atoms with Crippen LogP contribution in [0.2, 0.25) is 0 Å². The smallest absolute Gasteiger partial charge is 0.0589 e. The maximum atomic E-state index is 8.83. The topological polar surface area (TPSA) is 52.5 Å². The first-order valence-corrected chi connectivity index (χ1v) is 8.98. The minimum Gasteiger partial charge on any atom is -0.390 e. The Morgan fingerprint density at radius 3 is 1.43 bits per heavy atom. The lowest BCUT2D eigenvalue weighted by molar-refractivity contribution is 0.0765. The normalized spacial score (nSPS) is 10.3. The summed E-state index contributed by atoms with van der Waals surface area (Å²) in [6.07, 6.45) is 12.6. The first kappa shape index (κ1) is 25.8. The SMILES string of the molecule is CCC(C)(C)O.CCCC.CCCCCCCCCNO.[HH]. The summed E-state index contributed by atoms with van der Waals surface area (Å²) in [5, 5.41) is 17.1. The number of rotatable bonds is 10. The summed E-state index contributed by atoms with van der Waals surface area (Å²) in [4.78, 5) is 0. The number of hydrogen-bond acceptors (Lipinski definition) is 3. The van der Waals surface area contributed by atoms with Crippen LogP contribution in [0.3, 0.4) is 0 Å². The minimum atomic E-state index is -0.458. The third-order valence-electron chi connectivity index (χ3n) is 3.26. The molecule has 3 N–H and O–H groups in total. The van der Waals surface area contributed by atoms with Crippen LogP contribution in [0.15, 0.2) is 0 Å². The van der Waals surface area contributed by atoms with Gasteiger partial charge in [-0.2, -0.15) is 0 Å². The van der Waals surface area contributed by atoms with E-state index in [0.717, 1.165) is 19.4 Å². The van der Waals surface area contributed by atoms with Crippen molar-refractivity contribution in [2.24, 2.45) is 0 Å². The zero-order valence-electron chi connectivity index (χ0n) is 15.7. The highest BCUT2D eigenvalue weighted by Gasteiger charge is 2.05. The fraction of sp³-hybridized carbons (Fsp3) is 1.00. The Bertz CT molecular complexity index is 152. The lowest BCUT2D eigenvalue weighted by Crippen LogP contribution is -2.15. The van der Waals surface area contributed by atoms with Crippen LogP contribution in [0.5, 0.6) is 0 Å². The molecule has 0 aliphatic heterocycles. The van der Waals surface area contributed by atoms with Crippen molar-refractivity contribution in [2.45, 2.75) is 111 Å². The number of hydroxylamine groups is 1. The van der Waals surface area contributed by atoms with Crippen LogP contribution in [0, 0.1) is 0 Å². The van der Waals surface area contributed by atoms with E-state index in [4.69, 9.17) is 10.3 Å². The number of nitrogens with one attached hydrogen (secondary N) is 1. The predicted octanol–water partition coefficient (Wildman–Crippen LogP) is 5.94. The van der Waals surface area contributed by atoms with Crippen molar-refractivity contribution in [3.63, 3.8) is 0 Å². The quantitative estimate of drug-likeness (QED) is 0.346. The molecule has 0 aromatic rings. The van der Waals surface area contributed by atoms with Crippen molar-refractivity contribution < 1.29 is 11.7 Å². The van der Waals surface area contributed by atoms with Gasteiger partial charge in [0.05, 0.1) is 5.60 Å². The van der Waals surface area contributed by atoms with Gasteiger partial charge in [0.15, 0.2) is 0 Å². The van der Waals surface area contributed by atoms with Crippen LogP contribution >= 0.6 is 0 Å². The van der Waals surface area contributed by atoms with Crippen LogP contribution in [-0.2, 0) is 0 Å². The fourth-order valence-corrected chi connectivity index (χ4v) is 1.16. The molecule has 21 heavy (non-hydrogen) atoms. The average molecular weight is 308 g/mol. The van der Waals surface area contributed by atoms with E-state index in [2.05, 4.69) is 26.3 Å². The van der Waals surface area contributed by atoms with E-state index in [1.165, 1.54) is 51.4 Å². The maximum Gasteiger partial charge on any atom is 0.0589 e. The van der Waals surface area contributed by atoms with Gasteiger partial charge in [0.1, 0.15) is 0 Å². The molecule has 0 rings (SSSR count). The van der Waals surface area contributed by atoms with E-state index in [9.17, 15) is 0 Å². The minimum absolute atomic E-state index is 0. The molecule has 0 aliphatic carbocycles. The van der Waals surface area contributed by atoms with Crippen molar-refractivity contribution in [1.82, 2.24) is 5.48 Å². The fourth-order valence-electron chi connectivity index (χ4n) is 1.16. The molecule has 0 aliphatic rings. The molecule has 3 heteroatoms. The molecule has 0 fully saturated rings. The molecule has 0 saturated carbocycles. The van der Waals surface area contributed by atoms with Crippen LogP contribution in [-0.4, -0.2) is 22.5 Å². The summed E-state index contributed by atoms with van der Waals surface area (Å²) >= 11 is 0. The van der Waals surface area contributed by atoms with Gasteiger partial charge in [0.25, 0.3) is 0 Å². The van der Waals surface area contributed by atoms with Gasteiger partial charge in [-0.15, -0.1) is 0 Å². The predicted molar refractivity (Wildman–Crippen MR) is 97.1 cm³/mol. The molecule has 0 amide bonds. The highest BCUT2D eigenvalue weighted by Crippen LogP contribution is 2.06. The number of hydrogen-bond donors (Lipinski definition) is 3. The van der Waals surface area contributed by atoms with Gasteiger partial charge in [0.2, 0.25) is 0 Å². The van der Waals surface area contributed by atoms with Crippen LogP contribution < -0.4 is 5.48 Å². The molecule has 134 valence electrons. The van der Waals surface area contributed by atoms with Gasteiger partial charge >= 0.3 is 0 Å². The Morgan fingerprint density at radius 1 is 0.762 bits per heavy atom. The molecular formula is C18H45NO2. The average Bonchev–Trinajstić information content (AvgIpc) is 2.46. The molecule has 0 saturated heterocycles. The van der Waals surface area contributed by atoms with E-state index in [-0.39, 0.29) is 1.43 Å². The van der Waals surface area contributed by atoms with Crippen molar-refractivity contribution in [2.75, 3.05) is 6.54 Å². The van der Waals surface area contributed by atoms with E-state index < -0.39 is 5.60 Å². The van der Waals surface area contributed by atoms with Gasteiger partial charge in [0, 0.05) is 7.97 Å². The molecule has 0 heterocycles. The highest BCUT2D eigenvalue weighted by molar-refractivity contribution is 4.59. The summed E-state index contributed by atoms with van der Waals surface area (Å²) in [5.41, 5.74) is 1.71. The van der Waals surface area contributed by atoms with E-state index in [1.807, 2.05) is 6.92 Å². The van der Waals surface area contributed by atoms with Crippen molar-refractivity contribution in [3.8, 4) is 0 Å². The molecule has 0 radical (unpaired) electrons. The molecule has 3 nitrogen and oxygen atoms in total. The first-order valence-electron chi connectivity index (χ1n) is 8.98. The molecule has 0 aromatic heterocycles. The molecule has 0 aromatic carbocycles. The van der Waals surface area contributed by atoms with Gasteiger partial charge in [-0.3, -0.25) is 0 Å². The summed E-state index contributed by atoms with van der Waals surface area (Å²) in [7, 11) is 0. The Hall–Kier alpha value is -0.120. The van der Waals surface area contributed by atoms with Gasteiger partial charge < -0.3 is 10.3 Å².